The summed E-state index contributed by atoms with van der Waals surface area (Å²) >= 11 is 5.22. The van der Waals surface area contributed by atoms with E-state index in [2.05, 4.69) is 5.32 Å². The highest BCUT2D eigenvalue weighted by atomic mass is 32.1. The second-order valence-electron chi connectivity index (χ2n) is 6.42. The molecule has 3 unspecified atom stereocenters. The van der Waals surface area contributed by atoms with Crippen molar-refractivity contribution in [3.63, 3.8) is 0 Å². The monoisotopic (exact) mass is 386 g/mol. The fourth-order valence-electron chi connectivity index (χ4n) is 3.56. The first-order chi connectivity index (χ1) is 12.2. The first kappa shape index (κ1) is 18.6. The fraction of sp³-hybridized carbons (Fsp3) is 0.471. The highest BCUT2D eigenvalue weighted by Gasteiger charge is 2.45. The van der Waals surface area contributed by atoms with Gasteiger partial charge in [0.05, 0.1) is 30.2 Å². The van der Waals surface area contributed by atoms with Gasteiger partial charge >= 0.3 is 12.1 Å². The molecule has 1 aromatic rings. The van der Waals surface area contributed by atoms with Gasteiger partial charge in [-0.1, -0.05) is 6.07 Å². The van der Waals surface area contributed by atoms with Gasteiger partial charge in [0.2, 0.25) is 5.91 Å². The third kappa shape index (κ3) is 3.40. The molecular weight excluding hydrogens is 369 g/mol. The molecule has 1 N–H and O–H groups in total. The molecule has 26 heavy (non-hydrogen) atoms. The Morgan fingerprint density at radius 2 is 2.08 bits per heavy atom. The van der Waals surface area contributed by atoms with E-state index in [0.29, 0.717) is 19.3 Å². The SMILES string of the molecule is COC(=O)C1CCC2C(=O)N(c3cccc(C(F)(F)F)c3)C(=S)NC2C1. The summed E-state index contributed by atoms with van der Waals surface area (Å²) < 4.78 is 43.6. The van der Waals surface area contributed by atoms with Crippen LogP contribution in [0.3, 0.4) is 0 Å². The number of rotatable bonds is 2. The van der Waals surface area contributed by atoms with Crippen molar-refractivity contribution in [1.82, 2.24) is 5.32 Å². The van der Waals surface area contributed by atoms with Crippen LogP contribution >= 0.6 is 12.2 Å². The molecule has 1 amide bonds. The van der Waals surface area contributed by atoms with E-state index in [0.717, 1.165) is 17.0 Å². The second kappa shape index (κ2) is 6.86. The number of benzene rings is 1. The Morgan fingerprint density at radius 1 is 1.35 bits per heavy atom. The van der Waals surface area contributed by atoms with Gasteiger partial charge < -0.3 is 10.1 Å². The average molecular weight is 386 g/mol. The Bertz CT molecular complexity index is 753. The molecule has 5 nitrogen and oxygen atoms in total. The van der Waals surface area contributed by atoms with Crippen molar-refractivity contribution >= 4 is 34.9 Å². The summed E-state index contributed by atoms with van der Waals surface area (Å²) in [5.74, 6) is -1.44. The van der Waals surface area contributed by atoms with Crippen molar-refractivity contribution in [3.05, 3.63) is 29.8 Å². The van der Waals surface area contributed by atoms with Crippen molar-refractivity contribution in [3.8, 4) is 0 Å². The molecule has 1 saturated heterocycles. The van der Waals surface area contributed by atoms with E-state index < -0.39 is 17.7 Å². The number of thiocarbonyl (C=S) groups is 1. The number of hydrogen-bond acceptors (Lipinski definition) is 4. The normalized spacial score (nSPS) is 26.2. The van der Waals surface area contributed by atoms with E-state index >= 15 is 0 Å². The predicted molar refractivity (Wildman–Crippen MR) is 91.3 cm³/mol. The Hall–Kier alpha value is -2.16. The van der Waals surface area contributed by atoms with Gasteiger partial charge in [0.25, 0.3) is 0 Å². The number of hydrogen-bond donors (Lipinski definition) is 1. The van der Waals surface area contributed by atoms with E-state index in [1.165, 1.54) is 19.2 Å². The van der Waals surface area contributed by atoms with Crippen LogP contribution in [-0.2, 0) is 20.5 Å². The van der Waals surface area contributed by atoms with Gasteiger partial charge in [0.1, 0.15) is 0 Å². The maximum atomic E-state index is 13.0. The van der Waals surface area contributed by atoms with E-state index in [1.807, 2.05) is 0 Å². The first-order valence-electron chi connectivity index (χ1n) is 8.12. The van der Waals surface area contributed by atoms with Crippen LogP contribution in [-0.4, -0.2) is 30.1 Å². The van der Waals surface area contributed by atoms with Crippen molar-refractivity contribution in [2.24, 2.45) is 11.8 Å². The second-order valence-corrected chi connectivity index (χ2v) is 6.80. The van der Waals surface area contributed by atoms with Crippen LogP contribution in [0.5, 0.6) is 0 Å². The Balaban J connectivity index is 1.84. The zero-order valence-corrected chi connectivity index (χ0v) is 14.7. The minimum Gasteiger partial charge on any atom is -0.469 e. The molecule has 1 aliphatic heterocycles. The lowest BCUT2D eigenvalue weighted by Crippen LogP contribution is -2.62. The molecule has 140 valence electrons. The van der Waals surface area contributed by atoms with Crippen LogP contribution in [0.4, 0.5) is 18.9 Å². The third-order valence-electron chi connectivity index (χ3n) is 4.87. The lowest BCUT2D eigenvalue weighted by Gasteiger charge is -2.43. The first-order valence-corrected chi connectivity index (χ1v) is 8.52. The maximum Gasteiger partial charge on any atom is 0.416 e. The number of carbonyl (C=O) groups is 2. The molecule has 0 radical (unpaired) electrons. The van der Waals surface area contributed by atoms with Crippen LogP contribution < -0.4 is 10.2 Å². The van der Waals surface area contributed by atoms with Crippen LogP contribution in [0.1, 0.15) is 24.8 Å². The standard InChI is InChI=1S/C17H17F3N2O3S/c1-25-15(24)9-5-6-12-13(7-9)21-16(26)22(14(12)23)11-4-2-3-10(8-11)17(18,19)20/h2-4,8-9,12-13H,5-7H2,1H3,(H,21,26). The summed E-state index contributed by atoms with van der Waals surface area (Å²) in [4.78, 5) is 25.7. The molecule has 9 heteroatoms. The summed E-state index contributed by atoms with van der Waals surface area (Å²) in [5.41, 5.74) is -0.766. The highest BCUT2D eigenvalue weighted by molar-refractivity contribution is 7.80. The topological polar surface area (TPSA) is 58.6 Å². The zero-order chi connectivity index (χ0) is 19.1. The largest absolute Gasteiger partial charge is 0.469 e. The molecule has 3 atom stereocenters. The number of nitrogens with one attached hydrogen (secondary N) is 1. The number of nitrogens with zero attached hydrogens (tertiary/aromatic N) is 1. The summed E-state index contributed by atoms with van der Waals surface area (Å²) in [6, 6.07) is 4.19. The molecule has 0 spiro atoms. The van der Waals surface area contributed by atoms with Gasteiger partial charge in [-0.15, -0.1) is 0 Å². The van der Waals surface area contributed by atoms with Crippen LogP contribution in [0, 0.1) is 11.8 Å². The summed E-state index contributed by atoms with van der Waals surface area (Å²) in [5, 5.41) is 3.05. The number of anilines is 1. The molecule has 1 aliphatic carbocycles. The molecule has 1 aromatic carbocycles. The minimum absolute atomic E-state index is 0.0427. The van der Waals surface area contributed by atoms with Gasteiger partial charge in [0, 0.05) is 6.04 Å². The average Bonchev–Trinajstić information content (AvgIpc) is 2.60. The number of halogens is 3. The number of methoxy groups -OCH3 is 1. The smallest absolute Gasteiger partial charge is 0.416 e. The minimum atomic E-state index is -4.51. The molecule has 0 aromatic heterocycles. The molecule has 2 aliphatic rings. The van der Waals surface area contributed by atoms with Crippen LogP contribution in [0.2, 0.25) is 0 Å². The number of esters is 1. The summed E-state index contributed by atoms with van der Waals surface area (Å²) in [6.07, 6.45) is -3.18. The lowest BCUT2D eigenvalue weighted by molar-refractivity contribution is -0.148. The van der Waals surface area contributed by atoms with Gasteiger partial charge in [-0.05, 0) is 49.7 Å². The zero-order valence-electron chi connectivity index (χ0n) is 13.9. The Labute approximate surface area is 153 Å². The predicted octanol–water partition coefficient (Wildman–Crippen LogP) is 2.88. The molecule has 1 saturated carbocycles. The quantitative estimate of drug-likeness (QED) is 0.626. The fourth-order valence-corrected chi connectivity index (χ4v) is 3.91. The van der Waals surface area contributed by atoms with Gasteiger partial charge in [-0.2, -0.15) is 13.2 Å². The molecule has 0 bridgehead atoms. The molecular formula is C17H17F3N2O3S. The van der Waals surface area contributed by atoms with E-state index in [-0.39, 0.29) is 34.6 Å². The van der Waals surface area contributed by atoms with E-state index in [1.54, 1.807) is 0 Å². The number of amides is 1. The lowest BCUT2D eigenvalue weighted by atomic mass is 9.76. The number of carbonyl (C=O) groups excluding carboxylic acids is 2. The van der Waals surface area contributed by atoms with Crippen molar-refractivity contribution < 1.29 is 27.5 Å². The molecule has 1 heterocycles. The third-order valence-corrected chi connectivity index (χ3v) is 5.17. The van der Waals surface area contributed by atoms with Crippen molar-refractivity contribution in [2.75, 3.05) is 12.0 Å². The van der Waals surface area contributed by atoms with E-state index in [9.17, 15) is 22.8 Å². The van der Waals surface area contributed by atoms with Gasteiger partial charge in [0.15, 0.2) is 5.11 Å². The van der Waals surface area contributed by atoms with Crippen LogP contribution in [0.25, 0.3) is 0 Å². The van der Waals surface area contributed by atoms with Gasteiger partial charge in [-0.25, -0.2) is 0 Å². The van der Waals surface area contributed by atoms with Crippen molar-refractivity contribution in [2.45, 2.75) is 31.5 Å². The number of ether oxygens (including phenoxy) is 1. The van der Waals surface area contributed by atoms with E-state index in [4.69, 9.17) is 17.0 Å². The molecule has 2 fully saturated rings. The maximum absolute atomic E-state index is 13.0. The summed E-state index contributed by atoms with van der Waals surface area (Å²) in [6.45, 7) is 0. The highest BCUT2D eigenvalue weighted by Crippen LogP contribution is 2.37. The van der Waals surface area contributed by atoms with Gasteiger partial charge in [-0.3, -0.25) is 14.5 Å². The van der Waals surface area contributed by atoms with Crippen molar-refractivity contribution in [1.29, 1.82) is 0 Å². The number of fused-ring (bicyclic) bond motifs is 1. The number of alkyl halides is 3. The van der Waals surface area contributed by atoms with Crippen LogP contribution in [0.15, 0.2) is 24.3 Å². The molecule has 3 rings (SSSR count). The Kier molecular flexibility index (Phi) is 4.92. The Morgan fingerprint density at radius 3 is 2.73 bits per heavy atom. The summed E-state index contributed by atoms with van der Waals surface area (Å²) in [7, 11) is 1.31.